The monoisotopic (exact) mass is 492 g/mol. The smallest absolute Gasteiger partial charge is 0.237 e. The van der Waals surface area contributed by atoms with Crippen LogP contribution in [0.4, 0.5) is 5.69 Å². The van der Waals surface area contributed by atoms with Gasteiger partial charge in [-0.2, -0.15) is 5.26 Å². The Bertz CT molecular complexity index is 1460. The highest BCUT2D eigenvalue weighted by atomic mass is 32.2. The lowest BCUT2D eigenvalue weighted by Gasteiger charge is -2.25. The fourth-order valence-electron chi connectivity index (χ4n) is 4.91. The third kappa shape index (κ3) is 4.98. The van der Waals surface area contributed by atoms with Crippen LogP contribution in [0.3, 0.4) is 0 Å². The molecule has 4 aromatic rings. The lowest BCUT2D eigenvalue weighted by molar-refractivity contribution is -0.115. The Hall–Kier alpha value is -3.69. The van der Waals surface area contributed by atoms with E-state index < -0.39 is 0 Å². The molecule has 0 saturated carbocycles. The number of benzene rings is 2. The standard InChI is InChI=1S/C30H28N4OS/c1-3-28(29(35)33-27-15-19(2)32-26-12-8-7-11-24(26)27)36-30-23(18-31)17-22-16-21(13-14-25(22)34-30)20-9-5-4-6-10-20/h4-12,15,17,21,28H,3,13-14,16H2,1-2H3,(H,32,33,35). The van der Waals surface area contributed by atoms with Gasteiger partial charge < -0.3 is 5.32 Å². The second-order valence-electron chi connectivity index (χ2n) is 9.24. The van der Waals surface area contributed by atoms with Gasteiger partial charge in [-0.1, -0.05) is 67.2 Å². The van der Waals surface area contributed by atoms with Crippen LogP contribution < -0.4 is 5.32 Å². The van der Waals surface area contributed by atoms with Crippen molar-refractivity contribution < 1.29 is 4.79 Å². The molecule has 2 heterocycles. The largest absolute Gasteiger partial charge is 0.324 e. The van der Waals surface area contributed by atoms with Gasteiger partial charge in [-0.05, 0) is 67.9 Å². The second kappa shape index (κ2) is 10.5. The van der Waals surface area contributed by atoms with Crippen LogP contribution >= 0.6 is 11.8 Å². The van der Waals surface area contributed by atoms with Crippen molar-refractivity contribution >= 4 is 34.3 Å². The summed E-state index contributed by atoms with van der Waals surface area (Å²) in [6, 6.07) is 24.6. The van der Waals surface area contributed by atoms with Crippen LogP contribution in [-0.4, -0.2) is 21.1 Å². The van der Waals surface area contributed by atoms with Gasteiger partial charge >= 0.3 is 0 Å². The van der Waals surface area contributed by atoms with Gasteiger partial charge in [0.25, 0.3) is 0 Å². The number of hydrogen-bond acceptors (Lipinski definition) is 5. The number of anilines is 1. The number of carbonyl (C=O) groups excluding carboxylic acids is 1. The Morgan fingerprint density at radius 3 is 2.69 bits per heavy atom. The molecule has 1 N–H and O–H groups in total. The summed E-state index contributed by atoms with van der Waals surface area (Å²) in [5.74, 6) is 0.351. The number of aromatic nitrogens is 2. The molecule has 0 bridgehead atoms. The van der Waals surface area contributed by atoms with Gasteiger partial charge in [-0.3, -0.25) is 9.78 Å². The summed E-state index contributed by atoms with van der Waals surface area (Å²) in [4.78, 5) is 22.8. The Morgan fingerprint density at radius 2 is 1.92 bits per heavy atom. The molecule has 1 amide bonds. The molecule has 1 aliphatic rings. The van der Waals surface area contributed by atoms with E-state index in [0.29, 0.717) is 22.9 Å². The molecule has 180 valence electrons. The lowest BCUT2D eigenvalue weighted by Crippen LogP contribution is -2.25. The number of aryl methyl sites for hydroxylation is 2. The van der Waals surface area contributed by atoms with E-state index in [-0.39, 0.29) is 11.2 Å². The highest BCUT2D eigenvalue weighted by molar-refractivity contribution is 8.00. The first-order chi connectivity index (χ1) is 17.6. The third-order valence-corrected chi connectivity index (χ3v) is 8.13. The van der Waals surface area contributed by atoms with Crippen molar-refractivity contribution in [2.75, 3.05) is 5.32 Å². The van der Waals surface area contributed by atoms with Gasteiger partial charge in [0, 0.05) is 16.8 Å². The van der Waals surface area contributed by atoms with Gasteiger partial charge in [0.1, 0.15) is 11.1 Å². The summed E-state index contributed by atoms with van der Waals surface area (Å²) in [6.45, 7) is 3.91. The SMILES string of the molecule is CCC(Sc1nc2c(cc1C#N)CC(c1ccccc1)CC2)C(=O)Nc1cc(C)nc2ccccc12. The summed E-state index contributed by atoms with van der Waals surface area (Å²) in [5, 5.41) is 14.2. The topological polar surface area (TPSA) is 78.7 Å². The molecule has 0 radical (unpaired) electrons. The number of nitrogens with one attached hydrogen (secondary N) is 1. The van der Waals surface area contributed by atoms with Gasteiger partial charge in [-0.15, -0.1) is 0 Å². The molecular formula is C30H28N4OS. The van der Waals surface area contributed by atoms with Crippen molar-refractivity contribution in [3.8, 4) is 6.07 Å². The number of amides is 1. The Labute approximate surface area is 216 Å². The van der Waals surface area contributed by atoms with Crippen LogP contribution in [0, 0.1) is 18.3 Å². The van der Waals surface area contributed by atoms with Gasteiger partial charge in [0.2, 0.25) is 5.91 Å². The molecule has 5 nitrogen and oxygen atoms in total. The first-order valence-electron chi connectivity index (χ1n) is 12.4. The van der Waals surface area contributed by atoms with Crippen LogP contribution in [0.2, 0.25) is 0 Å². The van der Waals surface area contributed by atoms with Crippen molar-refractivity contribution in [3.05, 3.63) is 94.8 Å². The molecule has 36 heavy (non-hydrogen) atoms. The minimum Gasteiger partial charge on any atom is -0.324 e. The molecule has 0 saturated heterocycles. The minimum atomic E-state index is -0.365. The van der Waals surface area contributed by atoms with E-state index in [4.69, 9.17) is 4.98 Å². The number of nitrogens with zero attached hydrogens (tertiary/aromatic N) is 3. The average molecular weight is 493 g/mol. The number of hydrogen-bond donors (Lipinski definition) is 1. The molecular weight excluding hydrogens is 464 g/mol. The summed E-state index contributed by atoms with van der Waals surface area (Å²) < 4.78 is 0. The third-order valence-electron chi connectivity index (χ3n) is 6.76. The molecule has 5 rings (SSSR count). The van der Waals surface area contributed by atoms with Crippen LogP contribution in [0.1, 0.15) is 53.8 Å². The number of nitriles is 1. The number of carbonyl (C=O) groups is 1. The first-order valence-corrected chi connectivity index (χ1v) is 13.3. The van der Waals surface area contributed by atoms with Crippen LogP contribution in [0.25, 0.3) is 10.9 Å². The van der Waals surface area contributed by atoms with Gasteiger partial charge in [0.15, 0.2) is 0 Å². The minimum absolute atomic E-state index is 0.0918. The van der Waals surface area contributed by atoms with Crippen molar-refractivity contribution in [2.24, 2.45) is 0 Å². The zero-order valence-electron chi connectivity index (χ0n) is 20.5. The van der Waals surface area contributed by atoms with E-state index in [1.807, 2.05) is 56.3 Å². The first kappa shape index (κ1) is 24.0. The number of para-hydroxylation sites is 1. The fraction of sp³-hybridized carbons (Fsp3) is 0.267. The number of pyridine rings is 2. The quantitative estimate of drug-likeness (QED) is 0.307. The van der Waals surface area contributed by atoms with Crippen molar-refractivity contribution in [2.45, 2.75) is 55.7 Å². The Kier molecular flexibility index (Phi) is 7.02. The van der Waals surface area contributed by atoms with Gasteiger partial charge in [0.05, 0.1) is 22.0 Å². The maximum Gasteiger partial charge on any atom is 0.237 e. The fourth-order valence-corrected chi connectivity index (χ4v) is 5.90. The highest BCUT2D eigenvalue weighted by Gasteiger charge is 2.26. The average Bonchev–Trinajstić information content (AvgIpc) is 2.91. The molecule has 2 aromatic carbocycles. The molecule has 2 atom stereocenters. The molecule has 0 aliphatic heterocycles. The summed E-state index contributed by atoms with van der Waals surface area (Å²) in [6.07, 6.45) is 3.42. The molecule has 1 aliphatic carbocycles. The second-order valence-corrected chi connectivity index (χ2v) is 10.4. The van der Waals surface area contributed by atoms with Crippen molar-refractivity contribution in [3.63, 3.8) is 0 Å². The Morgan fingerprint density at radius 1 is 1.14 bits per heavy atom. The number of fused-ring (bicyclic) bond motifs is 2. The van der Waals surface area contributed by atoms with E-state index >= 15 is 0 Å². The summed E-state index contributed by atoms with van der Waals surface area (Å²) in [7, 11) is 0. The van der Waals surface area contributed by atoms with E-state index in [1.54, 1.807) is 0 Å². The molecule has 2 unspecified atom stereocenters. The molecule has 0 fully saturated rings. The predicted molar refractivity (Wildman–Crippen MR) is 145 cm³/mol. The van der Waals surface area contributed by atoms with E-state index in [2.05, 4.69) is 40.6 Å². The maximum atomic E-state index is 13.3. The van der Waals surface area contributed by atoms with Crippen LogP contribution in [0.5, 0.6) is 0 Å². The van der Waals surface area contributed by atoms with E-state index in [0.717, 1.165) is 52.8 Å². The highest BCUT2D eigenvalue weighted by Crippen LogP contribution is 2.36. The maximum absolute atomic E-state index is 13.3. The summed E-state index contributed by atoms with van der Waals surface area (Å²) in [5.41, 5.74) is 6.53. The lowest BCUT2D eigenvalue weighted by atomic mass is 9.82. The number of thioether (sulfide) groups is 1. The van der Waals surface area contributed by atoms with Crippen LogP contribution in [-0.2, 0) is 17.6 Å². The number of rotatable bonds is 6. The van der Waals surface area contributed by atoms with E-state index in [1.165, 1.54) is 17.3 Å². The van der Waals surface area contributed by atoms with Gasteiger partial charge in [-0.25, -0.2) is 4.98 Å². The predicted octanol–water partition coefficient (Wildman–Crippen LogP) is 6.59. The van der Waals surface area contributed by atoms with Crippen molar-refractivity contribution in [1.82, 2.24) is 9.97 Å². The zero-order chi connectivity index (χ0) is 25.1. The summed E-state index contributed by atoms with van der Waals surface area (Å²) >= 11 is 1.39. The Balaban J connectivity index is 1.37. The normalized spacial score (nSPS) is 15.6. The molecule has 6 heteroatoms. The van der Waals surface area contributed by atoms with Crippen LogP contribution in [0.15, 0.2) is 71.8 Å². The van der Waals surface area contributed by atoms with Crippen molar-refractivity contribution in [1.29, 1.82) is 5.26 Å². The van der Waals surface area contributed by atoms with E-state index in [9.17, 15) is 10.1 Å². The molecule has 2 aromatic heterocycles. The zero-order valence-corrected chi connectivity index (χ0v) is 21.3. The molecule has 0 spiro atoms.